The summed E-state index contributed by atoms with van der Waals surface area (Å²) >= 11 is 6.06. The van der Waals surface area contributed by atoms with E-state index < -0.39 is 4.92 Å². The molecule has 0 fully saturated rings. The van der Waals surface area contributed by atoms with E-state index in [1.165, 1.54) is 26.5 Å². The summed E-state index contributed by atoms with van der Waals surface area (Å²) in [6, 6.07) is 8.09. The number of nitrogens with one attached hydrogen (secondary N) is 1. The fourth-order valence-electron chi connectivity index (χ4n) is 2.24. The maximum Gasteiger partial charge on any atom is 0.315 e. The van der Waals surface area contributed by atoms with E-state index in [9.17, 15) is 10.1 Å². The average Bonchev–Trinajstić information content (AvgIpc) is 2.66. The van der Waals surface area contributed by atoms with E-state index in [1.54, 1.807) is 24.3 Å². The Bertz CT molecular complexity index is 842. The molecule has 0 amide bonds. The van der Waals surface area contributed by atoms with Gasteiger partial charge in [-0.3, -0.25) is 15.5 Å². The van der Waals surface area contributed by atoms with Crippen LogP contribution in [0.5, 0.6) is 17.2 Å². The number of ether oxygens (including phenoxy) is 3. The highest BCUT2D eigenvalue weighted by atomic mass is 35.5. The fourth-order valence-corrected chi connectivity index (χ4v) is 2.49. The van der Waals surface area contributed by atoms with Crippen LogP contribution < -0.4 is 19.6 Å². The number of anilines is 1. The first-order chi connectivity index (χ1) is 13.0. The van der Waals surface area contributed by atoms with Crippen LogP contribution in [-0.4, -0.2) is 32.0 Å². The van der Waals surface area contributed by atoms with Crippen molar-refractivity contribution < 1.29 is 19.1 Å². The van der Waals surface area contributed by atoms with Gasteiger partial charge in [0.25, 0.3) is 0 Å². The summed E-state index contributed by atoms with van der Waals surface area (Å²) in [5.41, 5.74) is 3.75. The third-order valence-corrected chi connectivity index (χ3v) is 3.78. The lowest BCUT2D eigenvalue weighted by Crippen LogP contribution is -2.03. The van der Waals surface area contributed by atoms with Crippen molar-refractivity contribution in [2.45, 2.75) is 13.3 Å². The van der Waals surface area contributed by atoms with E-state index in [0.717, 1.165) is 6.42 Å². The van der Waals surface area contributed by atoms with Crippen molar-refractivity contribution in [3.8, 4) is 17.2 Å². The summed E-state index contributed by atoms with van der Waals surface area (Å²) in [4.78, 5) is 10.9. The zero-order valence-electron chi connectivity index (χ0n) is 15.2. The van der Waals surface area contributed by atoms with E-state index in [4.69, 9.17) is 25.8 Å². The quantitative estimate of drug-likeness (QED) is 0.383. The van der Waals surface area contributed by atoms with Crippen LogP contribution in [0.4, 0.5) is 11.4 Å². The summed E-state index contributed by atoms with van der Waals surface area (Å²) in [6.07, 6.45) is 2.16. The van der Waals surface area contributed by atoms with Crippen molar-refractivity contribution in [1.29, 1.82) is 0 Å². The van der Waals surface area contributed by atoms with Gasteiger partial charge in [0.05, 0.1) is 42.7 Å². The number of nitro benzene ring substituents is 1. The molecular formula is C18H20ClN3O5. The zero-order valence-corrected chi connectivity index (χ0v) is 15.9. The van der Waals surface area contributed by atoms with Crippen LogP contribution >= 0.6 is 11.6 Å². The van der Waals surface area contributed by atoms with Crippen molar-refractivity contribution >= 4 is 29.2 Å². The summed E-state index contributed by atoms with van der Waals surface area (Å²) in [5, 5.41) is 15.9. The van der Waals surface area contributed by atoms with E-state index in [1.807, 2.05) is 6.92 Å². The standard InChI is InChI=1S/C18H20ClN3O5/c1-4-7-27-18-15(22(23)24)8-12(9-17(18)26-3)11-20-21-13-5-6-16(25-2)14(19)10-13/h5-6,8-11,21H,4,7H2,1-3H3/b20-11+. The van der Waals surface area contributed by atoms with Gasteiger partial charge in [-0.05, 0) is 30.7 Å². The second-order valence-electron chi connectivity index (χ2n) is 5.40. The van der Waals surface area contributed by atoms with Gasteiger partial charge in [0.1, 0.15) is 5.75 Å². The third-order valence-electron chi connectivity index (χ3n) is 3.48. The molecule has 0 aliphatic rings. The molecular weight excluding hydrogens is 374 g/mol. The maximum absolute atomic E-state index is 11.4. The summed E-state index contributed by atoms with van der Waals surface area (Å²) < 4.78 is 15.8. The molecule has 0 saturated heterocycles. The van der Waals surface area contributed by atoms with Crippen molar-refractivity contribution in [2.24, 2.45) is 5.10 Å². The Morgan fingerprint density at radius 3 is 2.56 bits per heavy atom. The van der Waals surface area contributed by atoms with E-state index in [0.29, 0.717) is 28.6 Å². The lowest BCUT2D eigenvalue weighted by Gasteiger charge is -2.11. The number of hydrazone groups is 1. The molecule has 0 unspecified atom stereocenters. The zero-order chi connectivity index (χ0) is 19.8. The number of halogens is 1. The molecule has 0 radical (unpaired) electrons. The highest BCUT2D eigenvalue weighted by Gasteiger charge is 2.21. The van der Waals surface area contributed by atoms with Crippen LogP contribution in [0.1, 0.15) is 18.9 Å². The van der Waals surface area contributed by atoms with Gasteiger partial charge in [-0.25, -0.2) is 0 Å². The first-order valence-electron chi connectivity index (χ1n) is 8.12. The largest absolute Gasteiger partial charge is 0.495 e. The summed E-state index contributed by atoms with van der Waals surface area (Å²) in [7, 11) is 2.96. The van der Waals surface area contributed by atoms with Crippen LogP contribution in [0.15, 0.2) is 35.4 Å². The molecule has 0 aromatic heterocycles. The third kappa shape index (κ3) is 5.24. The number of hydrogen-bond donors (Lipinski definition) is 1. The van der Waals surface area contributed by atoms with Gasteiger partial charge < -0.3 is 14.2 Å². The Morgan fingerprint density at radius 2 is 1.96 bits per heavy atom. The Balaban J connectivity index is 2.24. The average molecular weight is 394 g/mol. The minimum absolute atomic E-state index is 0.108. The first kappa shape index (κ1) is 20.3. The molecule has 9 heteroatoms. The normalized spacial score (nSPS) is 10.7. The smallest absolute Gasteiger partial charge is 0.315 e. The number of hydrogen-bond acceptors (Lipinski definition) is 7. The number of nitro groups is 1. The van der Waals surface area contributed by atoms with Crippen molar-refractivity contribution in [3.63, 3.8) is 0 Å². The molecule has 0 aliphatic carbocycles. The molecule has 27 heavy (non-hydrogen) atoms. The summed E-state index contributed by atoms with van der Waals surface area (Å²) in [6.45, 7) is 2.26. The molecule has 0 heterocycles. The van der Waals surface area contributed by atoms with Crippen molar-refractivity contribution in [2.75, 3.05) is 26.3 Å². The molecule has 0 saturated carbocycles. The Hall–Kier alpha value is -3.00. The van der Waals surface area contributed by atoms with Crippen LogP contribution in [0.3, 0.4) is 0 Å². The molecule has 0 aliphatic heterocycles. The molecule has 8 nitrogen and oxygen atoms in total. The predicted octanol–water partition coefficient (Wildman–Crippen LogP) is 4.50. The lowest BCUT2D eigenvalue weighted by molar-refractivity contribution is -0.386. The minimum atomic E-state index is -0.512. The molecule has 2 aromatic carbocycles. The lowest BCUT2D eigenvalue weighted by atomic mass is 10.2. The fraction of sp³-hybridized carbons (Fsp3) is 0.278. The van der Waals surface area contributed by atoms with Crippen molar-refractivity contribution in [1.82, 2.24) is 0 Å². The van der Waals surface area contributed by atoms with Gasteiger partial charge in [-0.1, -0.05) is 18.5 Å². The van der Waals surface area contributed by atoms with Crippen LogP contribution in [0.25, 0.3) is 0 Å². The van der Waals surface area contributed by atoms with Gasteiger partial charge in [-0.2, -0.15) is 5.10 Å². The number of methoxy groups -OCH3 is 2. The minimum Gasteiger partial charge on any atom is -0.495 e. The second-order valence-corrected chi connectivity index (χ2v) is 5.80. The topological polar surface area (TPSA) is 95.2 Å². The summed E-state index contributed by atoms with van der Waals surface area (Å²) in [5.74, 6) is 0.928. The second kappa shape index (κ2) is 9.63. The van der Waals surface area contributed by atoms with Gasteiger partial charge in [-0.15, -0.1) is 0 Å². The number of nitrogens with zero attached hydrogens (tertiary/aromatic N) is 2. The molecule has 0 bridgehead atoms. The maximum atomic E-state index is 11.4. The molecule has 144 valence electrons. The number of benzene rings is 2. The monoisotopic (exact) mass is 393 g/mol. The molecule has 0 spiro atoms. The van der Waals surface area contributed by atoms with Gasteiger partial charge >= 0.3 is 5.69 Å². The SMILES string of the molecule is CCCOc1c(OC)cc(/C=N/Nc2ccc(OC)c(Cl)c2)cc1[N+](=O)[O-]. The van der Waals surface area contributed by atoms with Crippen LogP contribution in [0.2, 0.25) is 5.02 Å². The van der Waals surface area contributed by atoms with Gasteiger partial charge in [0, 0.05) is 11.6 Å². The Morgan fingerprint density at radius 1 is 1.22 bits per heavy atom. The molecule has 0 atom stereocenters. The van der Waals surface area contributed by atoms with E-state index in [2.05, 4.69) is 10.5 Å². The van der Waals surface area contributed by atoms with Crippen molar-refractivity contribution in [3.05, 3.63) is 51.0 Å². The van der Waals surface area contributed by atoms with Crippen LogP contribution in [-0.2, 0) is 0 Å². The predicted molar refractivity (Wildman–Crippen MR) is 105 cm³/mol. The Kier molecular flexibility index (Phi) is 7.25. The van der Waals surface area contributed by atoms with E-state index in [-0.39, 0.29) is 17.2 Å². The van der Waals surface area contributed by atoms with Gasteiger partial charge in [0.2, 0.25) is 5.75 Å². The number of rotatable bonds is 9. The first-order valence-corrected chi connectivity index (χ1v) is 8.49. The highest BCUT2D eigenvalue weighted by molar-refractivity contribution is 6.32. The molecule has 2 aromatic rings. The highest BCUT2D eigenvalue weighted by Crippen LogP contribution is 2.38. The Labute approximate surface area is 161 Å². The van der Waals surface area contributed by atoms with E-state index >= 15 is 0 Å². The van der Waals surface area contributed by atoms with Crippen LogP contribution in [0, 0.1) is 10.1 Å². The molecule has 1 N–H and O–H groups in total. The van der Waals surface area contributed by atoms with Gasteiger partial charge in [0.15, 0.2) is 5.75 Å². The molecule has 2 rings (SSSR count).